The molecule has 3 rings (SSSR count). The average Bonchev–Trinajstić information content (AvgIpc) is 2.47. The maximum absolute atomic E-state index is 12.1. The second kappa shape index (κ2) is 5.16. The van der Waals surface area contributed by atoms with Gasteiger partial charge in [-0.25, -0.2) is 9.78 Å². The number of carboxylic acids is 1. The van der Waals surface area contributed by atoms with Gasteiger partial charge in [-0.2, -0.15) is 0 Å². The molecule has 0 spiro atoms. The Morgan fingerprint density at radius 3 is 2.76 bits per heavy atom. The van der Waals surface area contributed by atoms with Crippen molar-refractivity contribution < 1.29 is 9.90 Å². The predicted molar refractivity (Wildman–Crippen MR) is 76.4 cm³/mol. The largest absolute Gasteiger partial charge is 0.478 e. The lowest BCUT2D eigenvalue weighted by atomic mass is 10.1. The lowest BCUT2D eigenvalue weighted by Crippen LogP contribution is -2.15. The number of rotatable bonds is 3. The van der Waals surface area contributed by atoms with Gasteiger partial charge < -0.3 is 10.1 Å². The Bertz CT molecular complexity index is 872. The van der Waals surface area contributed by atoms with Crippen molar-refractivity contribution in [1.29, 1.82) is 0 Å². The van der Waals surface area contributed by atoms with Gasteiger partial charge in [0.1, 0.15) is 5.82 Å². The quantitative estimate of drug-likeness (QED) is 0.760. The normalized spacial score (nSPS) is 10.7. The number of carboxylic acid groups (broad SMARTS) is 1. The third-order valence-corrected chi connectivity index (χ3v) is 3.09. The van der Waals surface area contributed by atoms with E-state index in [0.29, 0.717) is 17.8 Å². The molecule has 0 saturated heterocycles. The lowest BCUT2D eigenvalue weighted by molar-refractivity contribution is 0.0699. The topological polar surface area (TPSA) is 95.9 Å². The van der Waals surface area contributed by atoms with E-state index in [1.165, 1.54) is 6.07 Å². The molecule has 0 aliphatic carbocycles. The van der Waals surface area contributed by atoms with Crippen molar-refractivity contribution in [2.75, 3.05) is 0 Å². The van der Waals surface area contributed by atoms with Crippen LogP contribution in [0.2, 0.25) is 0 Å². The van der Waals surface area contributed by atoms with Gasteiger partial charge in [0.15, 0.2) is 0 Å². The SMILES string of the molecule is O=C(O)c1cccc2nc(Cc3ccccn3)[nH]c(=O)c12. The Morgan fingerprint density at radius 1 is 1.19 bits per heavy atom. The molecule has 0 bridgehead atoms. The van der Waals surface area contributed by atoms with Crippen molar-refractivity contribution in [3.63, 3.8) is 0 Å². The Hall–Kier alpha value is -3.02. The summed E-state index contributed by atoms with van der Waals surface area (Å²) in [5.41, 5.74) is 0.633. The Balaban J connectivity index is 2.12. The number of hydrogen-bond donors (Lipinski definition) is 2. The molecule has 0 aliphatic heterocycles. The number of aromatic nitrogens is 3. The molecule has 0 unspecified atom stereocenters. The van der Waals surface area contributed by atoms with Gasteiger partial charge in [-0.05, 0) is 24.3 Å². The molecule has 0 aliphatic rings. The molecule has 21 heavy (non-hydrogen) atoms. The van der Waals surface area contributed by atoms with Gasteiger partial charge >= 0.3 is 5.97 Å². The predicted octanol–water partition coefficient (Wildman–Crippen LogP) is 1.61. The van der Waals surface area contributed by atoms with Crippen molar-refractivity contribution in [1.82, 2.24) is 15.0 Å². The van der Waals surface area contributed by atoms with E-state index in [-0.39, 0.29) is 10.9 Å². The number of fused-ring (bicyclic) bond motifs is 1. The van der Waals surface area contributed by atoms with Gasteiger partial charge in [-0.3, -0.25) is 9.78 Å². The van der Waals surface area contributed by atoms with E-state index in [2.05, 4.69) is 15.0 Å². The van der Waals surface area contributed by atoms with Gasteiger partial charge in [-0.1, -0.05) is 12.1 Å². The summed E-state index contributed by atoms with van der Waals surface area (Å²) in [7, 11) is 0. The minimum atomic E-state index is -1.15. The first-order chi connectivity index (χ1) is 10.1. The summed E-state index contributed by atoms with van der Waals surface area (Å²) in [5, 5.41) is 9.21. The van der Waals surface area contributed by atoms with Gasteiger partial charge in [-0.15, -0.1) is 0 Å². The number of benzene rings is 1. The van der Waals surface area contributed by atoms with Crippen LogP contribution in [0.25, 0.3) is 10.9 Å². The van der Waals surface area contributed by atoms with Crippen LogP contribution in [0.15, 0.2) is 47.4 Å². The second-order valence-corrected chi connectivity index (χ2v) is 4.52. The van der Waals surface area contributed by atoms with Gasteiger partial charge in [0.05, 0.1) is 16.5 Å². The first-order valence-corrected chi connectivity index (χ1v) is 6.30. The molecule has 2 aromatic heterocycles. The van der Waals surface area contributed by atoms with E-state index in [1.54, 1.807) is 24.4 Å². The molecule has 0 radical (unpaired) electrons. The zero-order valence-electron chi connectivity index (χ0n) is 10.9. The van der Waals surface area contributed by atoms with Crippen LogP contribution in [-0.2, 0) is 6.42 Å². The highest BCUT2D eigenvalue weighted by molar-refractivity contribution is 6.02. The molecule has 0 saturated carbocycles. The smallest absolute Gasteiger partial charge is 0.336 e. The molecule has 2 N–H and O–H groups in total. The van der Waals surface area contributed by atoms with E-state index >= 15 is 0 Å². The van der Waals surface area contributed by atoms with Gasteiger partial charge in [0.25, 0.3) is 5.56 Å². The fourth-order valence-corrected chi connectivity index (χ4v) is 2.18. The molecule has 2 heterocycles. The van der Waals surface area contributed by atoms with Crippen LogP contribution in [-0.4, -0.2) is 26.0 Å². The highest BCUT2D eigenvalue weighted by Crippen LogP contribution is 2.13. The third-order valence-electron chi connectivity index (χ3n) is 3.09. The van der Waals surface area contributed by atoms with E-state index in [9.17, 15) is 9.59 Å². The lowest BCUT2D eigenvalue weighted by Gasteiger charge is -2.04. The van der Waals surface area contributed by atoms with Crippen molar-refractivity contribution in [2.24, 2.45) is 0 Å². The number of hydrogen-bond acceptors (Lipinski definition) is 4. The van der Waals surface area contributed by atoms with Crippen molar-refractivity contribution in [3.8, 4) is 0 Å². The fraction of sp³-hybridized carbons (Fsp3) is 0.0667. The van der Waals surface area contributed by atoms with E-state index in [1.807, 2.05) is 12.1 Å². The van der Waals surface area contributed by atoms with Crippen molar-refractivity contribution in [2.45, 2.75) is 6.42 Å². The molecule has 0 amide bonds. The number of nitrogens with zero attached hydrogens (tertiary/aromatic N) is 2. The first kappa shape index (κ1) is 13.0. The summed E-state index contributed by atoms with van der Waals surface area (Å²) >= 11 is 0. The zero-order valence-corrected chi connectivity index (χ0v) is 10.9. The van der Waals surface area contributed by atoms with Gasteiger partial charge in [0, 0.05) is 18.3 Å². The highest BCUT2D eigenvalue weighted by Gasteiger charge is 2.13. The number of aromatic amines is 1. The second-order valence-electron chi connectivity index (χ2n) is 4.52. The van der Waals surface area contributed by atoms with Crippen LogP contribution in [0.1, 0.15) is 21.9 Å². The van der Waals surface area contributed by atoms with Crippen LogP contribution in [0.3, 0.4) is 0 Å². The Kier molecular flexibility index (Phi) is 3.19. The molecule has 104 valence electrons. The van der Waals surface area contributed by atoms with Crippen LogP contribution in [0.5, 0.6) is 0 Å². The summed E-state index contributed by atoms with van der Waals surface area (Å²) in [4.78, 5) is 34.4. The summed E-state index contributed by atoms with van der Waals surface area (Å²) in [6.07, 6.45) is 2.04. The van der Waals surface area contributed by atoms with E-state index in [0.717, 1.165) is 5.69 Å². The maximum atomic E-state index is 12.1. The number of H-pyrrole nitrogens is 1. The van der Waals surface area contributed by atoms with Crippen LogP contribution >= 0.6 is 0 Å². The van der Waals surface area contributed by atoms with Crippen LogP contribution < -0.4 is 5.56 Å². The third kappa shape index (κ3) is 2.51. The van der Waals surface area contributed by atoms with Crippen molar-refractivity contribution in [3.05, 3.63) is 70.0 Å². The number of nitrogens with one attached hydrogen (secondary N) is 1. The molecular formula is C15H11N3O3. The molecule has 6 heteroatoms. The minimum Gasteiger partial charge on any atom is -0.478 e. The van der Waals surface area contributed by atoms with Crippen LogP contribution in [0.4, 0.5) is 0 Å². The molecule has 0 fully saturated rings. The number of carbonyl (C=O) groups is 1. The van der Waals surface area contributed by atoms with E-state index < -0.39 is 11.5 Å². The van der Waals surface area contributed by atoms with Gasteiger partial charge in [0.2, 0.25) is 0 Å². The summed E-state index contributed by atoms with van der Waals surface area (Å²) in [5.74, 6) is -0.695. The summed E-state index contributed by atoms with van der Waals surface area (Å²) in [6.45, 7) is 0. The monoisotopic (exact) mass is 281 g/mol. The molecule has 3 aromatic rings. The zero-order chi connectivity index (χ0) is 14.8. The Labute approximate surface area is 119 Å². The number of aromatic carboxylic acids is 1. The average molecular weight is 281 g/mol. The molecular weight excluding hydrogens is 270 g/mol. The Morgan fingerprint density at radius 2 is 2.05 bits per heavy atom. The van der Waals surface area contributed by atoms with E-state index in [4.69, 9.17) is 5.11 Å². The van der Waals surface area contributed by atoms with Crippen LogP contribution in [0, 0.1) is 0 Å². The number of pyridine rings is 1. The molecule has 6 nitrogen and oxygen atoms in total. The standard InChI is InChI=1S/C15H11N3O3/c19-14-13-10(15(20)21)5-3-6-11(13)17-12(18-14)8-9-4-1-2-7-16-9/h1-7H,8H2,(H,20,21)(H,17,18,19). The summed E-state index contributed by atoms with van der Waals surface area (Å²) < 4.78 is 0. The van der Waals surface area contributed by atoms with Crippen molar-refractivity contribution >= 4 is 16.9 Å². The first-order valence-electron chi connectivity index (χ1n) is 6.30. The molecule has 0 atom stereocenters. The minimum absolute atomic E-state index is 0.0503. The summed E-state index contributed by atoms with van der Waals surface area (Å²) in [6, 6.07) is 10.1. The molecule has 1 aromatic carbocycles. The maximum Gasteiger partial charge on any atom is 0.336 e. The highest BCUT2D eigenvalue weighted by atomic mass is 16.4. The fourth-order valence-electron chi connectivity index (χ4n) is 2.18.